The Bertz CT molecular complexity index is 1100. The fourth-order valence-corrected chi connectivity index (χ4v) is 3.93. The van der Waals surface area contributed by atoms with Gasteiger partial charge in [-0.05, 0) is 35.3 Å². The molecule has 0 unspecified atom stereocenters. The maximum Gasteiger partial charge on any atom is 0.338 e. The van der Waals surface area contributed by atoms with Gasteiger partial charge in [0, 0.05) is 29.9 Å². The molecule has 0 saturated carbocycles. The summed E-state index contributed by atoms with van der Waals surface area (Å²) in [5, 5.41) is 6.08. The quantitative estimate of drug-likeness (QED) is 0.602. The van der Waals surface area contributed by atoms with Crippen molar-refractivity contribution in [3.63, 3.8) is 0 Å². The summed E-state index contributed by atoms with van der Waals surface area (Å²) in [6, 6.07) is 10.7. The Hall–Kier alpha value is -2.84. The zero-order chi connectivity index (χ0) is 17.2. The van der Waals surface area contributed by atoms with E-state index in [9.17, 15) is 9.59 Å². The molecule has 3 aromatic heterocycles. The zero-order valence-electron chi connectivity index (χ0n) is 12.9. The molecule has 1 aromatic carbocycles. The summed E-state index contributed by atoms with van der Waals surface area (Å²) in [6.45, 7) is 0.326. The molecule has 0 saturated heterocycles. The van der Waals surface area contributed by atoms with Crippen LogP contribution in [0.25, 0.3) is 20.8 Å². The van der Waals surface area contributed by atoms with Crippen LogP contribution in [0.1, 0.15) is 5.56 Å². The lowest BCUT2D eigenvalue weighted by molar-refractivity contribution is 0.243. The van der Waals surface area contributed by atoms with Crippen LogP contribution in [0.15, 0.2) is 59.0 Å². The fourth-order valence-electron chi connectivity index (χ4n) is 2.43. The van der Waals surface area contributed by atoms with E-state index < -0.39 is 6.03 Å². The summed E-state index contributed by atoms with van der Waals surface area (Å²) in [5.41, 5.74) is 1.60. The van der Waals surface area contributed by atoms with Gasteiger partial charge in [-0.2, -0.15) is 3.96 Å². The highest BCUT2D eigenvalue weighted by molar-refractivity contribution is 7.14. The summed E-state index contributed by atoms with van der Waals surface area (Å²) in [7, 11) is 0. The molecule has 4 aromatic rings. The zero-order valence-corrected chi connectivity index (χ0v) is 14.5. The molecule has 0 aliphatic carbocycles. The maximum atomic E-state index is 12.3. The number of pyridine rings is 1. The third-order valence-corrected chi connectivity index (χ3v) is 5.43. The lowest BCUT2D eigenvalue weighted by Crippen LogP contribution is -2.32. The SMILES string of the molecule is O=C(NCc1cccc(-c2nccs2)c1)n1sc2ncccc2c1=O. The molecule has 0 atom stereocenters. The Morgan fingerprint density at radius 3 is 2.88 bits per heavy atom. The van der Waals surface area contributed by atoms with E-state index in [1.165, 1.54) is 0 Å². The Labute approximate surface area is 150 Å². The van der Waals surface area contributed by atoms with Gasteiger partial charge in [0.1, 0.15) is 9.84 Å². The van der Waals surface area contributed by atoms with Crippen molar-refractivity contribution in [3.8, 4) is 10.6 Å². The van der Waals surface area contributed by atoms with Gasteiger partial charge >= 0.3 is 6.03 Å². The topological polar surface area (TPSA) is 76.9 Å². The minimum Gasteiger partial charge on any atom is -0.333 e. The summed E-state index contributed by atoms with van der Waals surface area (Å²) in [5.74, 6) is 0. The second-order valence-electron chi connectivity index (χ2n) is 5.24. The number of carbonyl (C=O) groups excluding carboxylic acids is 1. The van der Waals surface area contributed by atoms with Gasteiger partial charge in [0.05, 0.1) is 5.39 Å². The van der Waals surface area contributed by atoms with Crippen molar-refractivity contribution in [1.82, 2.24) is 19.2 Å². The van der Waals surface area contributed by atoms with Crippen molar-refractivity contribution < 1.29 is 4.79 Å². The number of thiazole rings is 1. The normalized spacial score (nSPS) is 10.9. The monoisotopic (exact) mass is 368 g/mol. The minimum absolute atomic E-state index is 0.326. The number of nitrogens with one attached hydrogen (secondary N) is 1. The number of amides is 1. The van der Waals surface area contributed by atoms with E-state index in [2.05, 4.69) is 15.3 Å². The van der Waals surface area contributed by atoms with E-state index in [-0.39, 0.29) is 5.56 Å². The predicted octanol–water partition coefficient (Wildman–Crippen LogP) is 3.34. The Kier molecular flexibility index (Phi) is 4.12. The number of fused-ring (bicyclic) bond motifs is 1. The molecule has 0 spiro atoms. The minimum atomic E-state index is -0.451. The van der Waals surface area contributed by atoms with Crippen LogP contribution in [0, 0.1) is 0 Å². The molecule has 25 heavy (non-hydrogen) atoms. The van der Waals surface area contributed by atoms with Gasteiger partial charge < -0.3 is 5.32 Å². The highest BCUT2D eigenvalue weighted by Crippen LogP contribution is 2.22. The van der Waals surface area contributed by atoms with Crippen molar-refractivity contribution in [2.24, 2.45) is 0 Å². The second-order valence-corrected chi connectivity index (χ2v) is 7.07. The number of hydrogen-bond donors (Lipinski definition) is 1. The van der Waals surface area contributed by atoms with Crippen LogP contribution >= 0.6 is 22.9 Å². The predicted molar refractivity (Wildman–Crippen MR) is 99.1 cm³/mol. The first kappa shape index (κ1) is 15.7. The third-order valence-electron chi connectivity index (χ3n) is 3.60. The van der Waals surface area contributed by atoms with Gasteiger partial charge in [-0.1, -0.05) is 18.2 Å². The average molecular weight is 368 g/mol. The van der Waals surface area contributed by atoms with Crippen LogP contribution in [0.3, 0.4) is 0 Å². The summed E-state index contributed by atoms with van der Waals surface area (Å²) in [6.07, 6.45) is 3.36. The number of aromatic nitrogens is 3. The Balaban J connectivity index is 1.53. The van der Waals surface area contributed by atoms with E-state index in [0.717, 1.165) is 31.6 Å². The van der Waals surface area contributed by atoms with Crippen LogP contribution in [0.5, 0.6) is 0 Å². The first-order valence-electron chi connectivity index (χ1n) is 7.46. The van der Waals surface area contributed by atoms with Gasteiger partial charge in [0.15, 0.2) is 0 Å². The first-order chi connectivity index (χ1) is 12.2. The Morgan fingerprint density at radius 2 is 2.08 bits per heavy atom. The molecule has 4 rings (SSSR count). The maximum absolute atomic E-state index is 12.3. The van der Waals surface area contributed by atoms with E-state index in [0.29, 0.717) is 16.8 Å². The Morgan fingerprint density at radius 1 is 1.16 bits per heavy atom. The van der Waals surface area contributed by atoms with Crippen LogP contribution in [-0.4, -0.2) is 20.0 Å². The molecular formula is C17H12N4O2S2. The van der Waals surface area contributed by atoms with E-state index >= 15 is 0 Å². The summed E-state index contributed by atoms with van der Waals surface area (Å²) >= 11 is 2.60. The smallest absolute Gasteiger partial charge is 0.333 e. The number of hydrogen-bond acceptors (Lipinski definition) is 6. The van der Waals surface area contributed by atoms with Crippen LogP contribution in [0.4, 0.5) is 4.79 Å². The molecule has 8 heteroatoms. The summed E-state index contributed by atoms with van der Waals surface area (Å²) in [4.78, 5) is 33.6. The molecular weight excluding hydrogens is 356 g/mol. The molecule has 0 aliphatic heterocycles. The first-order valence-corrected chi connectivity index (χ1v) is 9.12. The van der Waals surface area contributed by atoms with E-state index in [1.807, 2.05) is 29.6 Å². The number of benzene rings is 1. The van der Waals surface area contributed by atoms with Gasteiger partial charge in [-0.25, -0.2) is 14.8 Å². The van der Waals surface area contributed by atoms with Crippen LogP contribution in [0.2, 0.25) is 0 Å². The molecule has 0 aliphatic rings. The van der Waals surface area contributed by atoms with E-state index in [1.54, 1.807) is 35.9 Å². The third kappa shape index (κ3) is 3.09. The number of carbonyl (C=O) groups is 1. The molecule has 0 bridgehead atoms. The lowest BCUT2D eigenvalue weighted by atomic mass is 10.1. The molecule has 3 heterocycles. The average Bonchev–Trinajstić information content (AvgIpc) is 3.29. The fraction of sp³-hybridized carbons (Fsp3) is 0.0588. The van der Waals surface area contributed by atoms with Crippen molar-refractivity contribution >= 4 is 39.1 Å². The molecule has 1 amide bonds. The standard InChI is InChI=1S/C17H12N4O2S2/c22-16-13-5-2-6-18-15(13)25-21(16)17(23)20-10-11-3-1-4-12(9-11)14-19-7-8-24-14/h1-9H,10H2,(H,20,23). The lowest BCUT2D eigenvalue weighted by Gasteiger charge is -2.06. The van der Waals surface area contributed by atoms with Crippen LogP contribution in [-0.2, 0) is 6.54 Å². The van der Waals surface area contributed by atoms with Gasteiger partial charge in [-0.15, -0.1) is 11.3 Å². The second kappa shape index (κ2) is 6.58. The van der Waals surface area contributed by atoms with Gasteiger partial charge in [0.25, 0.3) is 5.56 Å². The van der Waals surface area contributed by atoms with Crippen molar-refractivity contribution in [3.05, 3.63) is 70.1 Å². The number of nitrogens with zero attached hydrogens (tertiary/aromatic N) is 3. The molecule has 0 radical (unpaired) electrons. The van der Waals surface area contributed by atoms with Gasteiger partial charge in [0.2, 0.25) is 0 Å². The van der Waals surface area contributed by atoms with Crippen molar-refractivity contribution in [2.75, 3.05) is 0 Å². The van der Waals surface area contributed by atoms with Crippen LogP contribution < -0.4 is 10.9 Å². The largest absolute Gasteiger partial charge is 0.338 e. The molecule has 6 nitrogen and oxygen atoms in total. The molecule has 1 N–H and O–H groups in total. The summed E-state index contributed by atoms with van der Waals surface area (Å²) < 4.78 is 1.10. The van der Waals surface area contributed by atoms with E-state index in [4.69, 9.17) is 0 Å². The molecule has 124 valence electrons. The van der Waals surface area contributed by atoms with Crippen molar-refractivity contribution in [2.45, 2.75) is 6.54 Å². The highest BCUT2D eigenvalue weighted by Gasteiger charge is 2.14. The van der Waals surface area contributed by atoms with Crippen molar-refractivity contribution in [1.29, 1.82) is 0 Å². The number of rotatable bonds is 3. The highest BCUT2D eigenvalue weighted by atomic mass is 32.1. The van der Waals surface area contributed by atoms with Gasteiger partial charge in [-0.3, -0.25) is 4.79 Å². The molecule has 0 fully saturated rings.